The number of hydrogen-bond donors (Lipinski definition) is 1. The molecule has 1 aromatic rings. The fourth-order valence-electron chi connectivity index (χ4n) is 3.59. The molecule has 1 saturated heterocycles. The zero-order valence-electron chi connectivity index (χ0n) is 13.3. The Morgan fingerprint density at radius 1 is 1.05 bits per heavy atom. The number of benzene rings is 1. The van der Waals surface area contributed by atoms with Gasteiger partial charge in [-0.2, -0.15) is 0 Å². The molecule has 0 amide bonds. The van der Waals surface area contributed by atoms with Crippen molar-refractivity contribution in [3.05, 3.63) is 35.9 Å². The van der Waals surface area contributed by atoms with E-state index < -0.39 is 0 Å². The maximum atomic E-state index is 6.30. The highest BCUT2D eigenvalue weighted by Gasteiger charge is 2.27. The first-order valence-corrected chi connectivity index (χ1v) is 8.14. The van der Waals surface area contributed by atoms with E-state index in [0.717, 1.165) is 11.8 Å². The summed E-state index contributed by atoms with van der Waals surface area (Å²) in [6.07, 6.45) is 3.99. The van der Waals surface area contributed by atoms with Crippen LogP contribution in [0.4, 0.5) is 0 Å². The van der Waals surface area contributed by atoms with Gasteiger partial charge in [0, 0.05) is 12.1 Å². The fourth-order valence-corrected chi connectivity index (χ4v) is 3.59. The SMILES string of the molecule is CC(C)C1CCCN(C(c2ccccc2)C(C)N)CC1. The van der Waals surface area contributed by atoms with E-state index >= 15 is 0 Å². The van der Waals surface area contributed by atoms with Gasteiger partial charge in [0.15, 0.2) is 0 Å². The molecule has 0 saturated carbocycles. The van der Waals surface area contributed by atoms with E-state index in [2.05, 4.69) is 56.0 Å². The zero-order valence-corrected chi connectivity index (χ0v) is 13.3. The van der Waals surface area contributed by atoms with Crippen molar-refractivity contribution in [1.29, 1.82) is 0 Å². The van der Waals surface area contributed by atoms with Gasteiger partial charge in [0.2, 0.25) is 0 Å². The Hall–Kier alpha value is -0.860. The van der Waals surface area contributed by atoms with Gasteiger partial charge in [-0.1, -0.05) is 44.2 Å². The van der Waals surface area contributed by atoms with E-state index in [1.807, 2.05) is 0 Å². The van der Waals surface area contributed by atoms with Crippen LogP contribution in [0.3, 0.4) is 0 Å². The molecule has 0 aromatic heterocycles. The molecule has 0 aliphatic carbocycles. The summed E-state index contributed by atoms with van der Waals surface area (Å²) in [6, 6.07) is 11.3. The van der Waals surface area contributed by atoms with Crippen LogP contribution in [0.2, 0.25) is 0 Å². The third-order valence-corrected chi connectivity index (χ3v) is 4.78. The van der Waals surface area contributed by atoms with Crippen LogP contribution in [-0.4, -0.2) is 24.0 Å². The molecule has 1 aliphatic heterocycles. The maximum absolute atomic E-state index is 6.30. The van der Waals surface area contributed by atoms with Gasteiger partial charge in [0.25, 0.3) is 0 Å². The number of hydrogen-bond acceptors (Lipinski definition) is 2. The molecule has 1 heterocycles. The molecule has 112 valence electrons. The standard InChI is InChI=1S/C18H30N2/c1-14(2)16-10-7-12-20(13-11-16)18(15(3)19)17-8-5-4-6-9-17/h4-6,8-9,14-16,18H,7,10-13,19H2,1-3H3. The lowest BCUT2D eigenvalue weighted by molar-refractivity contribution is 0.179. The average Bonchev–Trinajstić information content (AvgIpc) is 2.66. The summed E-state index contributed by atoms with van der Waals surface area (Å²) in [5.74, 6) is 1.69. The minimum absolute atomic E-state index is 0.174. The molecule has 0 bridgehead atoms. The molecular weight excluding hydrogens is 244 g/mol. The first-order valence-electron chi connectivity index (χ1n) is 8.14. The molecule has 2 nitrogen and oxygen atoms in total. The van der Waals surface area contributed by atoms with Crippen molar-refractivity contribution in [3.63, 3.8) is 0 Å². The summed E-state index contributed by atoms with van der Waals surface area (Å²) >= 11 is 0. The third-order valence-electron chi connectivity index (χ3n) is 4.78. The first kappa shape index (κ1) is 15.5. The van der Waals surface area contributed by atoms with Gasteiger partial charge in [0.05, 0.1) is 0 Å². The van der Waals surface area contributed by atoms with E-state index in [1.54, 1.807) is 0 Å². The van der Waals surface area contributed by atoms with Gasteiger partial charge in [0.1, 0.15) is 0 Å². The van der Waals surface area contributed by atoms with Crippen molar-refractivity contribution < 1.29 is 0 Å². The molecule has 1 aromatic carbocycles. The molecule has 0 spiro atoms. The second-order valence-corrected chi connectivity index (χ2v) is 6.69. The highest BCUT2D eigenvalue weighted by Crippen LogP contribution is 2.30. The normalized spacial score (nSPS) is 24.4. The van der Waals surface area contributed by atoms with Crippen molar-refractivity contribution >= 4 is 0 Å². The Morgan fingerprint density at radius 2 is 1.75 bits per heavy atom. The van der Waals surface area contributed by atoms with Crippen LogP contribution in [0.25, 0.3) is 0 Å². The lowest BCUT2D eigenvalue weighted by atomic mass is 9.89. The van der Waals surface area contributed by atoms with Crippen LogP contribution in [-0.2, 0) is 0 Å². The minimum Gasteiger partial charge on any atom is -0.326 e. The molecule has 3 atom stereocenters. The van der Waals surface area contributed by atoms with E-state index in [1.165, 1.54) is 37.9 Å². The highest BCUT2D eigenvalue weighted by atomic mass is 15.2. The van der Waals surface area contributed by atoms with Crippen molar-refractivity contribution in [2.45, 2.75) is 52.1 Å². The summed E-state index contributed by atoms with van der Waals surface area (Å²) in [6.45, 7) is 9.23. The van der Waals surface area contributed by atoms with E-state index in [0.29, 0.717) is 6.04 Å². The van der Waals surface area contributed by atoms with Gasteiger partial charge in [-0.3, -0.25) is 4.90 Å². The second-order valence-electron chi connectivity index (χ2n) is 6.69. The molecule has 0 radical (unpaired) electrons. The first-order chi connectivity index (χ1) is 9.59. The Morgan fingerprint density at radius 3 is 2.35 bits per heavy atom. The predicted molar refractivity (Wildman–Crippen MR) is 86.6 cm³/mol. The summed E-state index contributed by atoms with van der Waals surface area (Å²) in [5, 5.41) is 0. The average molecular weight is 274 g/mol. The van der Waals surface area contributed by atoms with Crippen LogP contribution in [0.1, 0.15) is 51.6 Å². The maximum Gasteiger partial charge on any atom is 0.0496 e. The van der Waals surface area contributed by atoms with Crippen molar-refractivity contribution in [2.75, 3.05) is 13.1 Å². The monoisotopic (exact) mass is 274 g/mol. The van der Waals surface area contributed by atoms with Crippen LogP contribution in [0.5, 0.6) is 0 Å². The largest absolute Gasteiger partial charge is 0.326 e. The van der Waals surface area contributed by atoms with Crippen molar-refractivity contribution in [3.8, 4) is 0 Å². The van der Waals surface area contributed by atoms with Crippen LogP contribution in [0, 0.1) is 11.8 Å². The molecular formula is C18H30N2. The smallest absolute Gasteiger partial charge is 0.0496 e. The summed E-state index contributed by atoms with van der Waals surface area (Å²) in [7, 11) is 0. The fraction of sp³-hybridized carbons (Fsp3) is 0.667. The summed E-state index contributed by atoms with van der Waals surface area (Å²) in [5.41, 5.74) is 7.67. The lowest BCUT2D eigenvalue weighted by Gasteiger charge is -2.34. The molecule has 1 fully saturated rings. The zero-order chi connectivity index (χ0) is 14.5. The highest BCUT2D eigenvalue weighted by molar-refractivity contribution is 5.20. The van der Waals surface area contributed by atoms with Crippen LogP contribution in [0.15, 0.2) is 30.3 Å². The van der Waals surface area contributed by atoms with E-state index in [4.69, 9.17) is 5.73 Å². The van der Waals surface area contributed by atoms with Gasteiger partial charge in [-0.15, -0.1) is 0 Å². The van der Waals surface area contributed by atoms with Crippen molar-refractivity contribution in [2.24, 2.45) is 17.6 Å². The quantitative estimate of drug-likeness (QED) is 0.904. The number of rotatable bonds is 4. The van der Waals surface area contributed by atoms with Gasteiger partial charge in [-0.25, -0.2) is 0 Å². The van der Waals surface area contributed by atoms with Crippen LogP contribution < -0.4 is 5.73 Å². The van der Waals surface area contributed by atoms with Crippen LogP contribution >= 0.6 is 0 Å². The molecule has 2 heteroatoms. The van der Waals surface area contributed by atoms with Gasteiger partial charge < -0.3 is 5.73 Å². The second kappa shape index (κ2) is 7.24. The molecule has 3 unspecified atom stereocenters. The minimum atomic E-state index is 0.174. The number of likely N-dealkylation sites (tertiary alicyclic amines) is 1. The molecule has 2 N–H and O–H groups in total. The molecule has 1 aliphatic rings. The summed E-state index contributed by atoms with van der Waals surface area (Å²) in [4.78, 5) is 2.61. The Bertz CT molecular complexity index is 386. The number of nitrogens with two attached hydrogens (primary N) is 1. The Kier molecular flexibility index (Phi) is 5.62. The van der Waals surface area contributed by atoms with Gasteiger partial charge in [-0.05, 0) is 56.7 Å². The molecule has 20 heavy (non-hydrogen) atoms. The third kappa shape index (κ3) is 3.83. The van der Waals surface area contributed by atoms with Gasteiger partial charge >= 0.3 is 0 Å². The Labute approximate surface area is 124 Å². The lowest BCUT2D eigenvalue weighted by Crippen LogP contribution is -2.40. The van der Waals surface area contributed by atoms with E-state index in [9.17, 15) is 0 Å². The Balaban J connectivity index is 2.11. The topological polar surface area (TPSA) is 29.3 Å². The van der Waals surface area contributed by atoms with E-state index in [-0.39, 0.29) is 6.04 Å². The summed E-state index contributed by atoms with van der Waals surface area (Å²) < 4.78 is 0. The number of nitrogens with zero attached hydrogens (tertiary/aromatic N) is 1. The molecule has 2 rings (SSSR count). The predicted octanol–water partition coefficient (Wildman–Crippen LogP) is 3.83. The van der Waals surface area contributed by atoms with Crippen molar-refractivity contribution in [1.82, 2.24) is 4.90 Å².